The zero-order valence-electron chi connectivity index (χ0n) is 15.3. The number of piperazine rings is 1. The number of rotatable bonds is 4. The van der Waals surface area contributed by atoms with E-state index in [4.69, 9.17) is 9.72 Å². The first-order valence-corrected chi connectivity index (χ1v) is 10.7. The molecule has 1 aliphatic rings. The Morgan fingerprint density at radius 3 is 2.43 bits per heavy atom. The largest absolute Gasteiger partial charge is 0.427 e. The lowest BCUT2D eigenvalue weighted by atomic mass is 10.1. The molecule has 0 aliphatic carbocycles. The number of benzene rings is 1. The molecular weight excluding hydrogens is 394 g/mol. The van der Waals surface area contributed by atoms with Crippen LogP contribution in [-0.4, -0.2) is 47.9 Å². The van der Waals surface area contributed by atoms with Gasteiger partial charge in [0.25, 0.3) is 5.91 Å². The van der Waals surface area contributed by atoms with Gasteiger partial charge < -0.3 is 14.5 Å². The predicted molar refractivity (Wildman–Crippen MR) is 111 cm³/mol. The first-order valence-electron chi connectivity index (χ1n) is 8.91. The van der Waals surface area contributed by atoms with E-state index in [9.17, 15) is 9.59 Å². The Morgan fingerprint density at radius 1 is 1.04 bits per heavy atom. The van der Waals surface area contributed by atoms with Crippen LogP contribution in [0.3, 0.4) is 0 Å². The lowest BCUT2D eigenvalue weighted by Crippen LogP contribution is -2.48. The minimum absolute atomic E-state index is 0.00729. The minimum Gasteiger partial charge on any atom is -0.427 e. The fourth-order valence-electron chi connectivity index (χ4n) is 3.07. The molecule has 0 radical (unpaired) electrons. The normalized spacial score (nSPS) is 14.2. The summed E-state index contributed by atoms with van der Waals surface area (Å²) in [5.74, 6) is 0.0609. The highest BCUT2D eigenvalue weighted by Crippen LogP contribution is 2.29. The number of carbonyl (C=O) groups is 2. The molecule has 1 aromatic carbocycles. The molecule has 1 aliphatic heterocycles. The molecule has 2 aromatic heterocycles. The van der Waals surface area contributed by atoms with E-state index in [0.29, 0.717) is 24.4 Å². The molecule has 1 amide bonds. The van der Waals surface area contributed by atoms with Crippen molar-refractivity contribution in [3.8, 4) is 17.0 Å². The number of hydrogen-bond acceptors (Lipinski definition) is 7. The minimum atomic E-state index is -0.375. The molecule has 8 heteroatoms. The smallest absolute Gasteiger partial charge is 0.308 e. The van der Waals surface area contributed by atoms with E-state index >= 15 is 0 Å². The summed E-state index contributed by atoms with van der Waals surface area (Å²) in [5.41, 5.74) is 2.75. The Balaban J connectivity index is 1.36. The predicted octanol–water partition coefficient (Wildman–Crippen LogP) is 3.76. The van der Waals surface area contributed by atoms with Crippen molar-refractivity contribution in [2.45, 2.75) is 6.92 Å². The number of ether oxygens (including phenoxy) is 1. The fraction of sp³-hybridized carbons (Fsp3) is 0.250. The van der Waals surface area contributed by atoms with Gasteiger partial charge in [0.2, 0.25) is 0 Å². The molecule has 0 N–H and O–H groups in total. The molecule has 0 spiro atoms. The Bertz CT molecular complexity index is 959. The molecule has 4 rings (SSSR count). The van der Waals surface area contributed by atoms with Crippen molar-refractivity contribution in [3.63, 3.8) is 0 Å². The first-order chi connectivity index (χ1) is 13.6. The Kier molecular flexibility index (Phi) is 5.40. The molecule has 0 saturated carbocycles. The van der Waals surface area contributed by atoms with Gasteiger partial charge in [-0.25, -0.2) is 4.98 Å². The maximum atomic E-state index is 12.7. The van der Waals surface area contributed by atoms with Crippen LogP contribution in [0.2, 0.25) is 0 Å². The number of aromatic nitrogens is 1. The second kappa shape index (κ2) is 8.12. The van der Waals surface area contributed by atoms with E-state index < -0.39 is 0 Å². The molecular formula is C20H19N3O3S2. The van der Waals surface area contributed by atoms with Crippen LogP contribution < -0.4 is 9.64 Å². The van der Waals surface area contributed by atoms with Gasteiger partial charge in [-0.3, -0.25) is 9.59 Å². The van der Waals surface area contributed by atoms with Gasteiger partial charge in [-0.15, -0.1) is 11.3 Å². The van der Waals surface area contributed by atoms with Crippen LogP contribution in [0.4, 0.5) is 5.13 Å². The van der Waals surface area contributed by atoms with Gasteiger partial charge in [0.15, 0.2) is 5.13 Å². The highest BCUT2D eigenvalue weighted by Gasteiger charge is 2.24. The van der Waals surface area contributed by atoms with Crippen molar-refractivity contribution >= 4 is 39.7 Å². The van der Waals surface area contributed by atoms with E-state index in [1.165, 1.54) is 6.92 Å². The van der Waals surface area contributed by atoms with E-state index in [1.54, 1.807) is 46.9 Å². The second-order valence-corrected chi connectivity index (χ2v) is 8.04. The number of thiazole rings is 1. The lowest BCUT2D eigenvalue weighted by Gasteiger charge is -2.34. The third-order valence-electron chi connectivity index (χ3n) is 4.51. The van der Waals surface area contributed by atoms with E-state index in [2.05, 4.69) is 27.1 Å². The van der Waals surface area contributed by atoms with Crippen molar-refractivity contribution in [2.75, 3.05) is 31.1 Å². The van der Waals surface area contributed by atoms with Crippen LogP contribution in [0, 0.1) is 0 Å². The first kappa shape index (κ1) is 18.6. The van der Waals surface area contributed by atoms with Gasteiger partial charge in [0, 0.05) is 55.0 Å². The summed E-state index contributed by atoms with van der Waals surface area (Å²) in [5, 5.41) is 7.23. The molecule has 1 fully saturated rings. The van der Waals surface area contributed by atoms with Crippen molar-refractivity contribution in [2.24, 2.45) is 0 Å². The third-order valence-corrected chi connectivity index (χ3v) is 6.09. The van der Waals surface area contributed by atoms with Gasteiger partial charge in [-0.2, -0.15) is 11.3 Å². The summed E-state index contributed by atoms with van der Waals surface area (Å²) in [6, 6.07) is 8.76. The summed E-state index contributed by atoms with van der Waals surface area (Å²) in [6.07, 6.45) is 0. The van der Waals surface area contributed by atoms with Crippen molar-refractivity contribution < 1.29 is 14.3 Å². The van der Waals surface area contributed by atoms with Crippen LogP contribution in [0.15, 0.2) is 46.5 Å². The number of nitrogens with zero attached hydrogens (tertiary/aromatic N) is 3. The molecule has 0 unspecified atom stereocenters. The zero-order valence-corrected chi connectivity index (χ0v) is 17.0. The summed E-state index contributed by atoms with van der Waals surface area (Å²) in [4.78, 5) is 32.5. The van der Waals surface area contributed by atoms with Crippen LogP contribution in [0.1, 0.15) is 17.3 Å². The molecule has 1 saturated heterocycles. The number of carbonyl (C=O) groups excluding carboxylic acids is 2. The molecule has 6 nitrogen and oxygen atoms in total. The number of hydrogen-bond donors (Lipinski definition) is 0. The topological polar surface area (TPSA) is 62.7 Å². The zero-order chi connectivity index (χ0) is 19.5. The number of amides is 1. The highest BCUT2D eigenvalue weighted by atomic mass is 32.1. The van der Waals surface area contributed by atoms with E-state index in [0.717, 1.165) is 29.5 Å². The SMILES string of the molecule is CC(=O)Oc1ccc(C(=O)N2CCN(c3nc(-c4ccsc4)cs3)CC2)cc1. The number of anilines is 1. The summed E-state index contributed by atoms with van der Waals surface area (Å²) in [7, 11) is 0. The van der Waals surface area contributed by atoms with Crippen LogP contribution >= 0.6 is 22.7 Å². The van der Waals surface area contributed by atoms with Crippen molar-refractivity contribution in [1.82, 2.24) is 9.88 Å². The molecule has 3 heterocycles. The number of esters is 1. The Hall–Kier alpha value is -2.71. The van der Waals surface area contributed by atoms with Crippen LogP contribution in [0.25, 0.3) is 11.3 Å². The molecule has 28 heavy (non-hydrogen) atoms. The maximum Gasteiger partial charge on any atom is 0.308 e. The fourth-order valence-corrected chi connectivity index (χ4v) is 4.61. The summed E-state index contributed by atoms with van der Waals surface area (Å²) in [6.45, 7) is 4.17. The van der Waals surface area contributed by atoms with Gasteiger partial charge >= 0.3 is 5.97 Å². The van der Waals surface area contributed by atoms with Crippen molar-refractivity contribution in [1.29, 1.82) is 0 Å². The van der Waals surface area contributed by atoms with Crippen LogP contribution in [0.5, 0.6) is 5.75 Å². The van der Waals surface area contributed by atoms with Crippen LogP contribution in [-0.2, 0) is 4.79 Å². The Morgan fingerprint density at radius 2 is 1.79 bits per heavy atom. The van der Waals surface area contributed by atoms with Gasteiger partial charge in [-0.1, -0.05) is 0 Å². The van der Waals surface area contributed by atoms with E-state index in [-0.39, 0.29) is 11.9 Å². The summed E-state index contributed by atoms with van der Waals surface area (Å²) >= 11 is 3.31. The molecule has 144 valence electrons. The average Bonchev–Trinajstić information content (AvgIpc) is 3.39. The van der Waals surface area contributed by atoms with Crippen molar-refractivity contribution in [3.05, 3.63) is 52.0 Å². The molecule has 0 atom stereocenters. The van der Waals surface area contributed by atoms with E-state index in [1.807, 2.05) is 4.90 Å². The summed E-state index contributed by atoms with van der Waals surface area (Å²) < 4.78 is 5.01. The second-order valence-electron chi connectivity index (χ2n) is 6.42. The standard InChI is InChI=1S/C20H19N3O3S2/c1-14(24)26-17-4-2-15(3-5-17)19(25)22-7-9-23(10-8-22)20-21-18(13-28-20)16-6-11-27-12-16/h2-6,11-13H,7-10H2,1H3. The highest BCUT2D eigenvalue weighted by molar-refractivity contribution is 7.14. The monoisotopic (exact) mass is 413 g/mol. The lowest BCUT2D eigenvalue weighted by molar-refractivity contribution is -0.131. The average molecular weight is 414 g/mol. The van der Waals surface area contributed by atoms with Gasteiger partial charge in [0.1, 0.15) is 5.75 Å². The van der Waals surface area contributed by atoms with Gasteiger partial charge in [-0.05, 0) is 35.7 Å². The number of thiophene rings is 1. The molecule has 3 aromatic rings. The maximum absolute atomic E-state index is 12.7. The molecule has 0 bridgehead atoms. The quantitative estimate of drug-likeness (QED) is 0.481. The van der Waals surface area contributed by atoms with Gasteiger partial charge in [0.05, 0.1) is 5.69 Å². The third kappa shape index (κ3) is 4.07. The Labute approximate surface area is 171 Å².